The molecule has 3 rings (SSSR count). The lowest BCUT2D eigenvalue weighted by Crippen LogP contribution is -2.31. The predicted molar refractivity (Wildman–Crippen MR) is 95.7 cm³/mol. The minimum absolute atomic E-state index is 0.165. The van der Waals surface area contributed by atoms with Gasteiger partial charge in [-0.05, 0) is 48.7 Å². The Morgan fingerprint density at radius 1 is 1.09 bits per heavy atom. The Labute approximate surface area is 141 Å². The summed E-state index contributed by atoms with van der Waals surface area (Å²) in [6, 6.07) is 15.9. The zero-order valence-electron chi connectivity index (χ0n) is 12.5. The first-order chi connectivity index (χ1) is 11.1. The fraction of sp³-hybridized carbons (Fsp3) is 0.111. The molecule has 116 valence electrons. The van der Waals surface area contributed by atoms with E-state index in [-0.39, 0.29) is 11.5 Å². The third kappa shape index (κ3) is 3.19. The lowest BCUT2D eigenvalue weighted by atomic mass is 10.1. The largest absolute Gasteiger partial charge is 0.324 e. The molecule has 5 heteroatoms. The third-order valence-corrected chi connectivity index (χ3v) is 4.28. The third-order valence-electron chi connectivity index (χ3n) is 3.75. The summed E-state index contributed by atoms with van der Waals surface area (Å²) >= 11 is 3.35. The molecule has 1 amide bonds. The zero-order valence-corrected chi connectivity index (χ0v) is 14.1. The first kappa shape index (κ1) is 15.5. The molecular weight excluding hydrogens is 356 g/mol. The number of anilines is 1. The average Bonchev–Trinajstić information content (AvgIpc) is 2.57. The van der Waals surface area contributed by atoms with E-state index in [0.717, 1.165) is 9.86 Å². The molecule has 3 aromatic rings. The van der Waals surface area contributed by atoms with Gasteiger partial charge >= 0.3 is 0 Å². The molecule has 1 N–H and O–H groups in total. The average molecular weight is 371 g/mol. The molecule has 0 aliphatic rings. The number of carbonyl (C=O) groups is 1. The van der Waals surface area contributed by atoms with Crippen molar-refractivity contribution in [2.24, 2.45) is 0 Å². The monoisotopic (exact) mass is 370 g/mol. The topological polar surface area (TPSA) is 51.1 Å². The van der Waals surface area contributed by atoms with Gasteiger partial charge in [-0.15, -0.1) is 0 Å². The fourth-order valence-electron chi connectivity index (χ4n) is 2.42. The summed E-state index contributed by atoms with van der Waals surface area (Å²) in [4.78, 5) is 25.0. The van der Waals surface area contributed by atoms with E-state index < -0.39 is 6.04 Å². The van der Waals surface area contributed by atoms with Gasteiger partial charge in [0.1, 0.15) is 6.04 Å². The molecule has 0 saturated carbocycles. The SMILES string of the molecule is CC(C(=O)Nc1ccc(Br)cc1)n1ccc2ccccc2c1=O. The van der Waals surface area contributed by atoms with Crippen molar-refractivity contribution in [2.45, 2.75) is 13.0 Å². The van der Waals surface area contributed by atoms with Gasteiger partial charge < -0.3 is 9.88 Å². The van der Waals surface area contributed by atoms with Gasteiger partial charge in [-0.2, -0.15) is 0 Å². The Kier molecular flexibility index (Phi) is 4.30. The number of benzene rings is 2. The summed E-state index contributed by atoms with van der Waals surface area (Å²) in [6.45, 7) is 1.71. The predicted octanol–water partition coefficient (Wildman–Crippen LogP) is 3.96. The van der Waals surface area contributed by atoms with Crippen LogP contribution in [0.3, 0.4) is 0 Å². The first-order valence-electron chi connectivity index (χ1n) is 7.22. The molecule has 1 heterocycles. The molecule has 0 bridgehead atoms. The molecule has 1 atom stereocenters. The zero-order chi connectivity index (χ0) is 16.4. The van der Waals surface area contributed by atoms with Gasteiger partial charge in [-0.1, -0.05) is 34.1 Å². The molecule has 23 heavy (non-hydrogen) atoms. The van der Waals surface area contributed by atoms with Crippen LogP contribution in [0.25, 0.3) is 10.8 Å². The summed E-state index contributed by atoms with van der Waals surface area (Å²) in [7, 11) is 0. The summed E-state index contributed by atoms with van der Waals surface area (Å²) in [5, 5.41) is 4.30. The highest BCUT2D eigenvalue weighted by molar-refractivity contribution is 9.10. The Balaban J connectivity index is 1.89. The highest BCUT2D eigenvalue weighted by Gasteiger charge is 2.17. The number of aromatic nitrogens is 1. The van der Waals surface area contributed by atoms with Gasteiger partial charge in [0.25, 0.3) is 5.56 Å². The number of halogens is 1. The molecule has 0 fully saturated rings. The molecule has 4 nitrogen and oxygen atoms in total. The van der Waals surface area contributed by atoms with E-state index >= 15 is 0 Å². The molecular formula is C18H15BrN2O2. The summed E-state index contributed by atoms with van der Waals surface area (Å²) in [6.07, 6.45) is 1.66. The quantitative estimate of drug-likeness (QED) is 0.758. The summed E-state index contributed by atoms with van der Waals surface area (Å²) < 4.78 is 2.39. The Hall–Kier alpha value is -2.40. The van der Waals surface area contributed by atoms with Gasteiger partial charge in [-0.3, -0.25) is 9.59 Å². The van der Waals surface area contributed by atoms with Crippen LogP contribution in [-0.4, -0.2) is 10.5 Å². The number of nitrogens with one attached hydrogen (secondary N) is 1. The number of amides is 1. The molecule has 0 radical (unpaired) electrons. The second-order valence-electron chi connectivity index (χ2n) is 5.29. The lowest BCUT2D eigenvalue weighted by molar-refractivity contribution is -0.118. The van der Waals surface area contributed by atoms with Gasteiger partial charge in [0, 0.05) is 21.7 Å². The van der Waals surface area contributed by atoms with Crippen molar-refractivity contribution < 1.29 is 4.79 Å². The molecule has 0 aliphatic carbocycles. The van der Waals surface area contributed by atoms with E-state index in [1.165, 1.54) is 4.57 Å². The maximum atomic E-state index is 12.5. The van der Waals surface area contributed by atoms with Crippen molar-refractivity contribution in [3.05, 3.63) is 75.6 Å². The van der Waals surface area contributed by atoms with Crippen molar-refractivity contribution >= 4 is 38.3 Å². The van der Waals surface area contributed by atoms with Crippen molar-refractivity contribution in [1.82, 2.24) is 4.57 Å². The van der Waals surface area contributed by atoms with Gasteiger partial charge in [-0.25, -0.2) is 0 Å². The van der Waals surface area contributed by atoms with Gasteiger partial charge in [0.2, 0.25) is 5.91 Å². The molecule has 1 unspecified atom stereocenters. The van der Waals surface area contributed by atoms with Crippen LogP contribution in [0.15, 0.2) is 70.1 Å². The summed E-state index contributed by atoms with van der Waals surface area (Å²) in [5.74, 6) is -0.232. The van der Waals surface area contributed by atoms with E-state index in [0.29, 0.717) is 11.1 Å². The minimum Gasteiger partial charge on any atom is -0.324 e. The van der Waals surface area contributed by atoms with Gasteiger partial charge in [0.05, 0.1) is 0 Å². The first-order valence-corrected chi connectivity index (χ1v) is 8.02. The van der Waals surface area contributed by atoms with Crippen molar-refractivity contribution in [3.8, 4) is 0 Å². The number of hydrogen-bond donors (Lipinski definition) is 1. The molecule has 0 spiro atoms. The van der Waals surface area contributed by atoms with E-state index in [1.807, 2.05) is 36.4 Å². The maximum Gasteiger partial charge on any atom is 0.259 e. The van der Waals surface area contributed by atoms with Crippen LogP contribution in [0, 0.1) is 0 Å². The standard InChI is InChI=1S/C18H15BrN2O2/c1-12(17(22)20-15-8-6-14(19)7-9-15)21-11-10-13-4-2-3-5-16(13)18(21)23/h2-12H,1H3,(H,20,22). The van der Waals surface area contributed by atoms with Crippen LogP contribution in [0.4, 0.5) is 5.69 Å². The van der Waals surface area contributed by atoms with Crippen LogP contribution >= 0.6 is 15.9 Å². The second-order valence-corrected chi connectivity index (χ2v) is 6.20. The molecule has 2 aromatic carbocycles. The van der Waals surface area contributed by atoms with E-state index in [2.05, 4.69) is 21.2 Å². The number of rotatable bonds is 3. The van der Waals surface area contributed by atoms with Crippen LogP contribution in [-0.2, 0) is 4.79 Å². The van der Waals surface area contributed by atoms with Crippen LogP contribution < -0.4 is 10.9 Å². The normalized spacial score (nSPS) is 12.1. The highest BCUT2D eigenvalue weighted by Crippen LogP contribution is 2.16. The van der Waals surface area contributed by atoms with E-state index in [4.69, 9.17) is 0 Å². The van der Waals surface area contributed by atoms with Crippen LogP contribution in [0.1, 0.15) is 13.0 Å². The van der Waals surface area contributed by atoms with Crippen molar-refractivity contribution in [2.75, 3.05) is 5.32 Å². The van der Waals surface area contributed by atoms with E-state index in [9.17, 15) is 9.59 Å². The fourth-order valence-corrected chi connectivity index (χ4v) is 2.68. The number of fused-ring (bicyclic) bond motifs is 1. The van der Waals surface area contributed by atoms with Crippen LogP contribution in [0.2, 0.25) is 0 Å². The Bertz CT molecular complexity index is 916. The molecule has 1 aromatic heterocycles. The molecule has 0 saturated heterocycles. The Morgan fingerprint density at radius 2 is 1.78 bits per heavy atom. The van der Waals surface area contributed by atoms with Crippen LogP contribution in [0.5, 0.6) is 0 Å². The smallest absolute Gasteiger partial charge is 0.259 e. The van der Waals surface area contributed by atoms with Gasteiger partial charge in [0.15, 0.2) is 0 Å². The lowest BCUT2D eigenvalue weighted by Gasteiger charge is -2.16. The number of pyridine rings is 1. The number of carbonyl (C=O) groups excluding carboxylic acids is 1. The summed E-state index contributed by atoms with van der Waals surface area (Å²) in [5.41, 5.74) is 0.528. The van der Waals surface area contributed by atoms with Crippen molar-refractivity contribution in [3.63, 3.8) is 0 Å². The minimum atomic E-state index is -0.601. The molecule has 0 aliphatic heterocycles. The Morgan fingerprint density at radius 3 is 2.52 bits per heavy atom. The number of nitrogens with zero attached hydrogens (tertiary/aromatic N) is 1. The van der Waals surface area contributed by atoms with E-state index in [1.54, 1.807) is 31.3 Å². The maximum absolute atomic E-state index is 12.5. The highest BCUT2D eigenvalue weighted by atomic mass is 79.9. The number of hydrogen-bond acceptors (Lipinski definition) is 2. The van der Waals surface area contributed by atoms with Crippen molar-refractivity contribution in [1.29, 1.82) is 0 Å². The second kappa shape index (κ2) is 6.38.